The lowest BCUT2D eigenvalue weighted by Gasteiger charge is -2.30. The van der Waals surface area contributed by atoms with Crippen LogP contribution in [0.2, 0.25) is 5.02 Å². The smallest absolute Gasteiger partial charge is 0.309 e. The summed E-state index contributed by atoms with van der Waals surface area (Å²) < 4.78 is 5.67. The van der Waals surface area contributed by atoms with Crippen LogP contribution in [0.15, 0.2) is 83.7 Å². The van der Waals surface area contributed by atoms with Crippen molar-refractivity contribution in [3.8, 4) is 0 Å². The average Bonchev–Trinajstić information content (AvgIpc) is 3.58. The number of rotatable bonds is 10. The fraction of sp³-hybridized carbons (Fsp3) is 0.394. The summed E-state index contributed by atoms with van der Waals surface area (Å²) in [6.07, 6.45) is 9.45. The summed E-state index contributed by atoms with van der Waals surface area (Å²) in [5.74, 6) is -0.923. The highest BCUT2D eigenvalue weighted by atomic mass is 35.5. The van der Waals surface area contributed by atoms with Gasteiger partial charge in [0.15, 0.2) is 0 Å². The molecule has 3 aliphatic rings. The van der Waals surface area contributed by atoms with Gasteiger partial charge in [-0.25, -0.2) is 0 Å². The van der Waals surface area contributed by atoms with Gasteiger partial charge in [0.05, 0.1) is 12.5 Å². The first-order valence-electron chi connectivity index (χ1n) is 14.2. The fourth-order valence-electron chi connectivity index (χ4n) is 6.19. The van der Waals surface area contributed by atoms with E-state index in [-0.39, 0.29) is 18.4 Å². The number of hydrogen-bond donors (Lipinski definition) is 1. The molecule has 6 nitrogen and oxygen atoms in total. The van der Waals surface area contributed by atoms with E-state index in [1.807, 2.05) is 42.5 Å². The summed E-state index contributed by atoms with van der Waals surface area (Å²) in [5, 5.41) is 11.2. The Morgan fingerprint density at radius 3 is 2.62 bits per heavy atom. The van der Waals surface area contributed by atoms with Crippen LogP contribution in [0.3, 0.4) is 0 Å². The molecule has 1 amide bonds. The second kappa shape index (κ2) is 12.4. The molecule has 0 radical (unpaired) electrons. The summed E-state index contributed by atoms with van der Waals surface area (Å²) in [6, 6.07) is 15.1. The van der Waals surface area contributed by atoms with E-state index in [1.165, 1.54) is 5.56 Å². The van der Waals surface area contributed by atoms with E-state index in [2.05, 4.69) is 37.0 Å². The molecule has 1 saturated heterocycles. The number of aliphatic carboxylic acids is 1. The molecule has 0 saturated carbocycles. The Labute approximate surface area is 241 Å². The van der Waals surface area contributed by atoms with E-state index in [0.717, 1.165) is 47.4 Å². The molecule has 7 heteroatoms. The van der Waals surface area contributed by atoms with Crippen molar-refractivity contribution in [2.75, 3.05) is 31.1 Å². The summed E-state index contributed by atoms with van der Waals surface area (Å²) in [5.41, 5.74) is 5.09. The fourth-order valence-corrected chi connectivity index (χ4v) is 6.37. The molecule has 5 rings (SSSR count). The maximum Gasteiger partial charge on any atom is 0.309 e. The zero-order chi connectivity index (χ0) is 28.2. The number of hydrogen-bond acceptors (Lipinski definition) is 4. The first-order valence-corrected chi connectivity index (χ1v) is 14.6. The van der Waals surface area contributed by atoms with Crippen LogP contribution >= 0.6 is 11.6 Å². The van der Waals surface area contributed by atoms with Crippen LogP contribution in [0.4, 0.5) is 5.69 Å². The number of unbranched alkanes of at least 4 members (excludes halogenated alkanes) is 1. The molecule has 2 aromatic rings. The number of amides is 1. The zero-order valence-electron chi connectivity index (χ0n) is 23.2. The van der Waals surface area contributed by atoms with E-state index in [9.17, 15) is 14.7 Å². The lowest BCUT2D eigenvalue weighted by molar-refractivity contribution is -0.143. The minimum Gasteiger partial charge on any atom is -0.489 e. The quantitative estimate of drug-likeness (QED) is 0.355. The molecule has 210 valence electrons. The minimum absolute atomic E-state index is 0.0533. The Kier molecular flexibility index (Phi) is 8.77. The highest BCUT2D eigenvalue weighted by Crippen LogP contribution is 2.47. The topological polar surface area (TPSA) is 70.1 Å². The Hall–Kier alpha value is -3.35. The van der Waals surface area contributed by atoms with Crippen LogP contribution in [0, 0.1) is 11.8 Å². The van der Waals surface area contributed by atoms with Crippen molar-refractivity contribution in [2.24, 2.45) is 11.8 Å². The summed E-state index contributed by atoms with van der Waals surface area (Å²) in [6.45, 7) is 5.95. The van der Waals surface area contributed by atoms with Gasteiger partial charge in [-0.15, -0.1) is 0 Å². The highest BCUT2D eigenvalue weighted by molar-refractivity contribution is 6.30. The Morgan fingerprint density at radius 1 is 1.12 bits per heavy atom. The Balaban J connectivity index is 1.49. The summed E-state index contributed by atoms with van der Waals surface area (Å²) >= 11 is 6.29. The van der Waals surface area contributed by atoms with Gasteiger partial charge in [-0.2, -0.15) is 0 Å². The predicted octanol–water partition coefficient (Wildman–Crippen LogP) is 6.58. The molecule has 0 unspecified atom stereocenters. The van der Waals surface area contributed by atoms with Gasteiger partial charge in [-0.3, -0.25) is 14.5 Å². The molecule has 0 aromatic heterocycles. The predicted molar refractivity (Wildman–Crippen MR) is 158 cm³/mol. The van der Waals surface area contributed by atoms with Gasteiger partial charge in [0.1, 0.15) is 12.4 Å². The number of carbonyl (C=O) groups excluding carboxylic acids is 1. The maximum atomic E-state index is 13.9. The van der Waals surface area contributed by atoms with Crippen molar-refractivity contribution >= 4 is 29.2 Å². The van der Waals surface area contributed by atoms with E-state index in [0.29, 0.717) is 31.1 Å². The van der Waals surface area contributed by atoms with Crippen molar-refractivity contribution in [3.05, 3.63) is 99.8 Å². The largest absolute Gasteiger partial charge is 0.489 e. The molecule has 2 aliphatic heterocycles. The molecule has 1 fully saturated rings. The normalized spacial score (nSPS) is 22.2. The summed E-state index contributed by atoms with van der Waals surface area (Å²) in [7, 11) is 0. The number of carboxylic acids is 1. The molecular weight excluding hydrogens is 524 g/mol. The van der Waals surface area contributed by atoms with E-state index in [1.54, 1.807) is 11.0 Å². The second-order valence-electron chi connectivity index (χ2n) is 10.8. The monoisotopic (exact) mass is 560 g/mol. The molecule has 0 bridgehead atoms. The van der Waals surface area contributed by atoms with E-state index < -0.39 is 17.9 Å². The van der Waals surface area contributed by atoms with Crippen molar-refractivity contribution in [1.29, 1.82) is 0 Å². The van der Waals surface area contributed by atoms with Crippen LogP contribution in [0.1, 0.15) is 50.3 Å². The number of nitrogens with zero attached hydrogens (tertiary/aromatic N) is 2. The van der Waals surface area contributed by atoms with Crippen LogP contribution in [-0.4, -0.2) is 48.1 Å². The number of likely N-dealkylation sites (tertiary alicyclic amines) is 1. The standard InChI is InChI=1S/C33H37ClN2O4/c1-3-5-16-36(27-8-6-7-26(34)19-27)30(37)21-35-20-28(24-13-14-29-25(18-24)15-17-40-29)31(33(38)39)32(35)23-11-9-22(4-2)10-12-23/h6-15,19,28,31-32H,3-5,16-18,20-21H2,1-2H3,(H,38,39)/t28-,31+,32-/m1/s1. The van der Waals surface area contributed by atoms with Crippen molar-refractivity contribution < 1.29 is 19.4 Å². The van der Waals surface area contributed by atoms with E-state index in [4.69, 9.17) is 16.3 Å². The summed E-state index contributed by atoms with van der Waals surface area (Å²) in [4.78, 5) is 30.8. The third kappa shape index (κ3) is 5.89. The number of carbonyl (C=O) groups is 2. The van der Waals surface area contributed by atoms with Crippen molar-refractivity contribution in [1.82, 2.24) is 4.90 Å². The van der Waals surface area contributed by atoms with Gasteiger partial charge in [0, 0.05) is 35.8 Å². The Morgan fingerprint density at radius 2 is 1.93 bits per heavy atom. The molecular formula is C33H37ClN2O4. The average molecular weight is 561 g/mol. The molecule has 1 N–H and O–H groups in total. The number of carboxylic acid groups (broad SMARTS) is 1. The number of fused-ring (bicyclic) bond motifs is 1. The first kappa shape index (κ1) is 28.2. The van der Waals surface area contributed by atoms with Gasteiger partial charge in [0.25, 0.3) is 0 Å². The van der Waals surface area contributed by atoms with Crippen LogP contribution in [-0.2, 0) is 20.7 Å². The number of aryl methyl sites for hydroxylation is 1. The second-order valence-corrected chi connectivity index (χ2v) is 11.2. The highest BCUT2D eigenvalue weighted by Gasteiger charge is 2.49. The van der Waals surface area contributed by atoms with Crippen molar-refractivity contribution in [3.63, 3.8) is 0 Å². The third-order valence-corrected chi connectivity index (χ3v) is 8.55. The Bertz CT molecular complexity index is 1350. The number of anilines is 1. The minimum atomic E-state index is -0.838. The van der Waals surface area contributed by atoms with E-state index >= 15 is 0 Å². The van der Waals surface area contributed by atoms with Gasteiger partial charge >= 0.3 is 5.97 Å². The van der Waals surface area contributed by atoms with Crippen LogP contribution in [0.25, 0.3) is 0 Å². The molecule has 1 aliphatic carbocycles. The molecule has 0 spiro atoms. The number of ether oxygens (including phenoxy) is 1. The first-order chi connectivity index (χ1) is 19.4. The van der Waals surface area contributed by atoms with Crippen molar-refractivity contribution in [2.45, 2.75) is 45.6 Å². The molecule has 2 aromatic carbocycles. The van der Waals surface area contributed by atoms with Gasteiger partial charge in [-0.05, 0) is 66.3 Å². The van der Waals surface area contributed by atoms with Crippen LogP contribution in [0.5, 0.6) is 0 Å². The van der Waals surface area contributed by atoms with Crippen LogP contribution < -0.4 is 4.90 Å². The number of halogens is 1. The molecule has 3 atom stereocenters. The SMILES string of the molecule is CCCCN(C(=O)CN1C[C@H](C2=CC=C3OCC=C3C2)[C@H](C(=O)O)[C@H]1c1ccc(CC)cc1)c1cccc(Cl)c1. The molecule has 40 heavy (non-hydrogen) atoms. The zero-order valence-corrected chi connectivity index (χ0v) is 23.9. The third-order valence-electron chi connectivity index (χ3n) is 8.31. The number of allylic oxidation sites excluding steroid dienone is 3. The number of benzene rings is 2. The maximum absolute atomic E-state index is 13.9. The lowest BCUT2D eigenvalue weighted by Crippen LogP contribution is -2.41. The van der Waals surface area contributed by atoms with Gasteiger partial charge in [-0.1, -0.05) is 73.9 Å². The van der Waals surface area contributed by atoms with Gasteiger partial charge in [0.2, 0.25) is 5.91 Å². The van der Waals surface area contributed by atoms with Gasteiger partial charge < -0.3 is 14.7 Å². The molecule has 2 heterocycles. The lowest BCUT2D eigenvalue weighted by atomic mass is 9.79.